The monoisotopic (exact) mass is 568 g/mol. The van der Waals surface area contributed by atoms with Gasteiger partial charge in [0.25, 0.3) is 0 Å². The molecule has 1 amide bonds. The van der Waals surface area contributed by atoms with E-state index in [1.165, 1.54) is 6.33 Å². The Kier molecular flexibility index (Phi) is 8.28. The number of aldehydes is 1. The molecule has 1 aliphatic rings. The van der Waals surface area contributed by atoms with E-state index in [0.29, 0.717) is 17.5 Å². The van der Waals surface area contributed by atoms with Crippen molar-refractivity contribution >= 4 is 29.5 Å². The molecule has 1 fully saturated rings. The van der Waals surface area contributed by atoms with E-state index in [1.807, 2.05) is 77.2 Å². The van der Waals surface area contributed by atoms with E-state index >= 15 is 0 Å². The van der Waals surface area contributed by atoms with Gasteiger partial charge in [-0.3, -0.25) is 4.79 Å². The summed E-state index contributed by atoms with van der Waals surface area (Å²) in [5, 5.41) is 10.1. The standard InChI is InChI=1S/C31H36N8O3/c1-19-14-22(6-8-24(19)20(2)35-28(41)29-37-30(38-42-29)31(3,4)5)25-15-27(34-18-33-25)36-26-9-7-23(16-32-26)39-12-10-21(17-40)11-13-39/h6-9,14-18,20-21H,10-13H2,1-5H3,(H,35,41)(H,32,33,34,36)/t20-/m1/s1. The first-order chi connectivity index (χ1) is 20.1. The molecule has 218 valence electrons. The molecule has 11 heteroatoms. The lowest BCUT2D eigenvalue weighted by Crippen LogP contribution is -2.34. The smallest absolute Gasteiger partial charge is 0.315 e. The maximum absolute atomic E-state index is 12.7. The zero-order valence-electron chi connectivity index (χ0n) is 24.6. The van der Waals surface area contributed by atoms with Crippen molar-refractivity contribution in [3.63, 3.8) is 0 Å². The summed E-state index contributed by atoms with van der Waals surface area (Å²) >= 11 is 0. The Morgan fingerprint density at radius 2 is 1.86 bits per heavy atom. The lowest BCUT2D eigenvalue weighted by Gasteiger charge is -2.31. The molecular formula is C31H36N8O3. The quantitative estimate of drug-likeness (QED) is 0.273. The fourth-order valence-corrected chi connectivity index (χ4v) is 4.93. The minimum atomic E-state index is -0.412. The molecule has 4 heterocycles. The average Bonchev–Trinajstić information content (AvgIpc) is 3.49. The first-order valence-electron chi connectivity index (χ1n) is 14.1. The highest BCUT2D eigenvalue weighted by molar-refractivity contribution is 5.89. The fourth-order valence-electron chi connectivity index (χ4n) is 4.93. The molecular weight excluding hydrogens is 532 g/mol. The van der Waals surface area contributed by atoms with Gasteiger partial charge in [-0.1, -0.05) is 38.1 Å². The molecule has 0 aliphatic carbocycles. The number of nitrogens with zero attached hydrogens (tertiary/aromatic N) is 6. The topological polar surface area (TPSA) is 139 Å². The number of nitrogens with one attached hydrogen (secondary N) is 2. The van der Waals surface area contributed by atoms with E-state index in [2.05, 4.69) is 40.6 Å². The van der Waals surface area contributed by atoms with Gasteiger partial charge >= 0.3 is 11.8 Å². The largest absolute Gasteiger partial charge is 0.370 e. The fraction of sp³-hybridized carbons (Fsp3) is 0.387. The predicted octanol–water partition coefficient (Wildman–Crippen LogP) is 5.18. The Morgan fingerprint density at radius 3 is 2.50 bits per heavy atom. The van der Waals surface area contributed by atoms with Crippen LogP contribution in [0.3, 0.4) is 0 Å². The van der Waals surface area contributed by atoms with Gasteiger partial charge in [-0.2, -0.15) is 4.98 Å². The van der Waals surface area contributed by atoms with Gasteiger partial charge in [-0.15, -0.1) is 0 Å². The Hall–Kier alpha value is -4.67. The molecule has 0 radical (unpaired) electrons. The van der Waals surface area contributed by atoms with Gasteiger partial charge < -0.3 is 24.9 Å². The number of pyridine rings is 1. The summed E-state index contributed by atoms with van der Waals surface area (Å²) in [5.74, 6) is 1.49. The second-order valence-electron chi connectivity index (χ2n) is 11.7. The Labute approximate surface area is 245 Å². The van der Waals surface area contributed by atoms with E-state index in [9.17, 15) is 9.59 Å². The minimum Gasteiger partial charge on any atom is -0.370 e. The lowest BCUT2D eigenvalue weighted by molar-refractivity contribution is -0.111. The Morgan fingerprint density at radius 1 is 1.07 bits per heavy atom. The van der Waals surface area contributed by atoms with Gasteiger partial charge in [0.15, 0.2) is 5.82 Å². The van der Waals surface area contributed by atoms with Crippen molar-refractivity contribution in [2.75, 3.05) is 23.3 Å². The van der Waals surface area contributed by atoms with Gasteiger partial charge in [0.2, 0.25) is 0 Å². The predicted molar refractivity (Wildman–Crippen MR) is 160 cm³/mol. The van der Waals surface area contributed by atoms with Crippen molar-refractivity contribution in [1.82, 2.24) is 30.4 Å². The second-order valence-corrected chi connectivity index (χ2v) is 11.7. The summed E-state index contributed by atoms with van der Waals surface area (Å²) < 4.78 is 5.18. The minimum absolute atomic E-state index is 0.0505. The number of carbonyl (C=O) groups excluding carboxylic acids is 2. The highest BCUT2D eigenvalue weighted by Gasteiger charge is 2.25. The number of anilines is 3. The van der Waals surface area contributed by atoms with Crippen LogP contribution in [0, 0.1) is 12.8 Å². The van der Waals surface area contributed by atoms with Crippen LogP contribution in [0.15, 0.2) is 53.4 Å². The van der Waals surface area contributed by atoms with E-state index in [-0.39, 0.29) is 23.3 Å². The second kappa shape index (κ2) is 12.1. The molecule has 5 rings (SSSR count). The van der Waals surface area contributed by atoms with Crippen molar-refractivity contribution in [1.29, 1.82) is 0 Å². The van der Waals surface area contributed by atoms with Gasteiger partial charge in [0, 0.05) is 36.1 Å². The van der Waals surface area contributed by atoms with Gasteiger partial charge in [0.05, 0.1) is 23.6 Å². The third-order valence-corrected chi connectivity index (χ3v) is 7.44. The summed E-state index contributed by atoms with van der Waals surface area (Å²) in [6.45, 7) is 11.5. The Balaban J connectivity index is 1.23. The van der Waals surface area contributed by atoms with Gasteiger partial charge in [0.1, 0.15) is 24.2 Å². The van der Waals surface area contributed by atoms with E-state index in [0.717, 1.165) is 60.3 Å². The zero-order valence-corrected chi connectivity index (χ0v) is 24.6. The maximum atomic E-state index is 12.7. The zero-order chi connectivity index (χ0) is 29.9. The molecule has 0 spiro atoms. The first-order valence-corrected chi connectivity index (χ1v) is 14.1. The number of hydrogen-bond donors (Lipinski definition) is 2. The summed E-state index contributed by atoms with van der Waals surface area (Å²) in [5.41, 5.74) is 4.39. The number of hydrogen-bond acceptors (Lipinski definition) is 10. The van der Waals surface area contributed by atoms with Crippen LogP contribution >= 0.6 is 0 Å². The maximum Gasteiger partial charge on any atom is 0.315 e. The van der Waals surface area contributed by atoms with Crippen molar-refractivity contribution in [3.8, 4) is 11.3 Å². The molecule has 0 saturated carbocycles. The number of rotatable bonds is 8. The van der Waals surface area contributed by atoms with Crippen LogP contribution in [0.1, 0.15) is 74.2 Å². The van der Waals surface area contributed by atoms with Crippen LogP contribution in [0.25, 0.3) is 11.3 Å². The van der Waals surface area contributed by atoms with E-state index < -0.39 is 5.91 Å². The van der Waals surface area contributed by atoms with Crippen molar-refractivity contribution in [2.24, 2.45) is 5.92 Å². The van der Waals surface area contributed by atoms with Crippen LogP contribution in [0.5, 0.6) is 0 Å². The number of aryl methyl sites for hydroxylation is 1. The number of piperidine rings is 1. The third kappa shape index (κ3) is 6.62. The highest BCUT2D eigenvalue weighted by Crippen LogP contribution is 2.27. The summed E-state index contributed by atoms with van der Waals surface area (Å²) in [6, 6.07) is 11.6. The van der Waals surface area contributed by atoms with Crippen molar-refractivity contribution in [2.45, 2.75) is 58.9 Å². The molecule has 11 nitrogen and oxygen atoms in total. The molecule has 1 aliphatic heterocycles. The molecule has 1 aromatic carbocycles. The average molecular weight is 569 g/mol. The van der Waals surface area contributed by atoms with Crippen LogP contribution in [-0.4, -0.2) is 50.4 Å². The van der Waals surface area contributed by atoms with Crippen LogP contribution in [0.4, 0.5) is 17.3 Å². The number of carbonyl (C=O) groups is 2. The van der Waals surface area contributed by atoms with Crippen molar-refractivity contribution in [3.05, 3.63) is 71.8 Å². The molecule has 2 N–H and O–H groups in total. The first kappa shape index (κ1) is 28.8. The van der Waals surface area contributed by atoms with E-state index in [1.54, 1.807) is 0 Å². The molecule has 3 aromatic heterocycles. The van der Waals surface area contributed by atoms with Crippen LogP contribution in [0.2, 0.25) is 0 Å². The number of aromatic nitrogens is 5. The van der Waals surface area contributed by atoms with Crippen molar-refractivity contribution < 1.29 is 14.1 Å². The molecule has 1 saturated heterocycles. The molecule has 0 bridgehead atoms. The normalized spacial score (nSPS) is 14.8. The lowest BCUT2D eigenvalue weighted by atomic mass is 9.96. The van der Waals surface area contributed by atoms with Crippen LogP contribution < -0.4 is 15.5 Å². The SMILES string of the molecule is Cc1cc(-c2cc(Nc3ccc(N4CCC(C=O)CC4)cn3)ncn2)ccc1[C@@H](C)NC(=O)c1nc(C(C)(C)C)no1. The number of amides is 1. The van der Waals surface area contributed by atoms with Gasteiger partial charge in [-0.05, 0) is 56.0 Å². The number of benzene rings is 1. The Bertz CT molecular complexity index is 1550. The molecule has 1 atom stereocenters. The van der Waals surface area contributed by atoms with Gasteiger partial charge in [-0.25, -0.2) is 15.0 Å². The third-order valence-electron chi connectivity index (χ3n) is 7.44. The molecule has 4 aromatic rings. The molecule has 0 unspecified atom stereocenters. The molecule has 42 heavy (non-hydrogen) atoms. The summed E-state index contributed by atoms with van der Waals surface area (Å²) in [4.78, 5) is 43.6. The van der Waals surface area contributed by atoms with Crippen LogP contribution in [-0.2, 0) is 10.2 Å². The highest BCUT2D eigenvalue weighted by atomic mass is 16.5. The summed E-state index contributed by atoms with van der Waals surface area (Å²) in [6.07, 6.45) is 6.18. The summed E-state index contributed by atoms with van der Waals surface area (Å²) in [7, 11) is 0. The van der Waals surface area contributed by atoms with E-state index in [4.69, 9.17) is 4.52 Å².